The molecule has 1 heterocycles. The zero-order chi connectivity index (χ0) is 21.2. The smallest absolute Gasteiger partial charge is 0.213 e. The predicted molar refractivity (Wildman–Crippen MR) is 134 cm³/mol. The molecule has 7 nitrogen and oxygen atoms in total. The van der Waals surface area contributed by atoms with Crippen molar-refractivity contribution in [2.75, 3.05) is 27.8 Å². The number of pyridine rings is 1. The van der Waals surface area contributed by atoms with Crippen LogP contribution in [-0.2, 0) is 13.0 Å². The van der Waals surface area contributed by atoms with Crippen molar-refractivity contribution in [3.8, 4) is 17.4 Å². The van der Waals surface area contributed by atoms with E-state index in [2.05, 4.69) is 20.6 Å². The van der Waals surface area contributed by atoms with Crippen LogP contribution >= 0.6 is 24.0 Å². The fourth-order valence-corrected chi connectivity index (χ4v) is 3.53. The maximum atomic E-state index is 5.92. The monoisotopic (exact) mass is 540 g/mol. The number of methoxy groups -OCH3 is 2. The van der Waals surface area contributed by atoms with Gasteiger partial charge in [-0.1, -0.05) is 12.1 Å². The van der Waals surface area contributed by atoms with Crippen molar-refractivity contribution in [3.05, 3.63) is 47.7 Å². The van der Waals surface area contributed by atoms with Gasteiger partial charge >= 0.3 is 0 Å². The highest BCUT2D eigenvalue weighted by molar-refractivity contribution is 14.0. The summed E-state index contributed by atoms with van der Waals surface area (Å²) in [6, 6.07) is 9.95. The van der Waals surface area contributed by atoms with Gasteiger partial charge in [0, 0.05) is 32.4 Å². The Morgan fingerprint density at radius 1 is 1.03 bits per heavy atom. The van der Waals surface area contributed by atoms with Crippen molar-refractivity contribution < 1.29 is 14.2 Å². The number of nitrogens with one attached hydrogen (secondary N) is 2. The summed E-state index contributed by atoms with van der Waals surface area (Å²) < 4.78 is 16.6. The summed E-state index contributed by atoms with van der Waals surface area (Å²) >= 11 is 0. The van der Waals surface area contributed by atoms with E-state index in [0.29, 0.717) is 18.5 Å². The molecule has 2 N–H and O–H groups in total. The second-order valence-corrected chi connectivity index (χ2v) is 7.32. The van der Waals surface area contributed by atoms with Crippen LogP contribution in [0.2, 0.25) is 0 Å². The summed E-state index contributed by atoms with van der Waals surface area (Å²) in [5.41, 5.74) is 2.24. The fourth-order valence-electron chi connectivity index (χ4n) is 3.53. The lowest BCUT2D eigenvalue weighted by atomic mass is 10.1. The maximum Gasteiger partial charge on any atom is 0.213 e. The van der Waals surface area contributed by atoms with Gasteiger partial charge in [-0.05, 0) is 55.4 Å². The third-order valence-corrected chi connectivity index (χ3v) is 5.22. The van der Waals surface area contributed by atoms with Gasteiger partial charge in [0.2, 0.25) is 5.88 Å². The Morgan fingerprint density at radius 2 is 1.77 bits per heavy atom. The van der Waals surface area contributed by atoms with Gasteiger partial charge in [-0.25, -0.2) is 4.98 Å². The minimum atomic E-state index is 0. The van der Waals surface area contributed by atoms with Crippen molar-refractivity contribution in [2.24, 2.45) is 4.99 Å². The molecule has 0 saturated heterocycles. The first-order valence-corrected chi connectivity index (χ1v) is 10.5. The maximum absolute atomic E-state index is 5.92. The van der Waals surface area contributed by atoms with Gasteiger partial charge in [0.05, 0.1) is 14.2 Å². The van der Waals surface area contributed by atoms with Crippen molar-refractivity contribution >= 4 is 29.9 Å². The molecular weight excluding hydrogens is 507 g/mol. The molecule has 8 heteroatoms. The molecule has 1 saturated carbocycles. The summed E-state index contributed by atoms with van der Waals surface area (Å²) in [5.74, 6) is 2.94. The molecule has 31 heavy (non-hydrogen) atoms. The molecule has 0 radical (unpaired) electrons. The molecule has 3 rings (SSSR count). The van der Waals surface area contributed by atoms with E-state index in [1.807, 2.05) is 36.5 Å². The molecule has 1 aromatic carbocycles. The molecular formula is C23H33IN4O3. The third kappa shape index (κ3) is 7.75. The predicted octanol–water partition coefficient (Wildman–Crippen LogP) is 3.95. The third-order valence-electron chi connectivity index (χ3n) is 5.22. The van der Waals surface area contributed by atoms with Gasteiger partial charge in [-0.3, -0.25) is 4.99 Å². The Kier molecular flexibility index (Phi) is 10.7. The number of aliphatic imine (C=N–C) groups is 1. The van der Waals surface area contributed by atoms with E-state index in [1.165, 1.54) is 12.8 Å². The lowest BCUT2D eigenvalue weighted by Crippen LogP contribution is -2.37. The average Bonchev–Trinajstić information content (AvgIpc) is 3.30. The van der Waals surface area contributed by atoms with Crippen molar-refractivity contribution in [1.82, 2.24) is 15.6 Å². The van der Waals surface area contributed by atoms with Gasteiger partial charge in [0.25, 0.3) is 0 Å². The van der Waals surface area contributed by atoms with Crippen molar-refractivity contribution in [3.63, 3.8) is 0 Å². The SMILES string of the molecule is CN=C(NCCc1ccc(OC)c(OC)c1)NCc1ccc(OC2CCCC2)nc1.I. The molecule has 1 aromatic heterocycles. The van der Waals surface area contributed by atoms with Crippen LogP contribution in [0.1, 0.15) is 36.8 Å². The molecule has 170 valence electrons. The van der Waals surface area contributed by atoms with Crippen molar-refractivity contribution in [1.29, 1.82) is 0 Å². The molecule has 1 fully saturated rings. The molecule has 0 aliphatic heterocycles. The van der Waals surface area contributed by atoms with Crippen LogP contribution in [0.15, 0.2) is 41.5 Å². The Labute approximate surface area is 202 Å². The molecule has 0 unspecified atom stereocenters. The molecule has 1 aliphatic rings. The fraction of sp³-hybridized carbons (Fsp3) is 0.478. The van der Waals surface area contributed by atoms with E-state index in [-0.39, 0.29) is 24.0 Å². The van der Waals surface area contributed by atoms with Crippen LogP contribution in [0.25, 0.3) is 0 Å². The second kappa shape index (κ2) is 13.2. The topological polar surface area (TPSA) is 77.0 Å². The number of guanidine groups is 1. The molecule has 0 spiro atoms. The molecule has 0 atom stereocenters. The van der Waals surface area contributed by atoms with Crippen LogP contribution in [-0.4, -0.2) is 44.9 Å². The van der Waals surface area contributed by atoms with Crippen LogP contribution in [0.4, 0.5) is 0 Å². The number of hydrogen-bond donors (Lipinski definition) is 2. The number of ether oxygens (including phenoxy) is 3. The number of hydrogen-bond acceptors (Lipinski definition) is 5. The van der Waals surface area contributed by atoms with Gasteiger partial charge in [-0.2, -0.15) is 0 Å². The zero-order valence-electron chi connectivity index (χ0n) is 18.5. The summed E-state index contributed by atoms with van der Waals surface area (Å²) in [5, 5.41) is 6.65. The van der Waals surface area contributed by atoms with E-state index < -0.39 is 0 Å². The lowest BCUT2D eigenvalue weighted by Gasteiger charge is -2.14. The lowest BCUT2D eigenvalue weighted by molar-refractivity contribution is 0.201. The van der Waals surface area contributed by atoms with Crippen molar-refractivity contribution in [2.45, 2.75) is 44.8 Å². The normalized spacial score (nSPS) is 14.0. The largest absolute Gasteiger partial charge is 0.493 e. The summed E-state index contributed by atoms with van der Waals surface area (Å²) in [7, 11) is 5.05. The zero-order valence-corrected chi connectivity index (χ0v) is 20.8. The Hall–Kier alpha value is -2.23. The highest BCUT2D eigenvalue weighted by atomic mass is 127. The van der Waals surface area contributed by atoms with Crippen LogP contribution in [0, 0.1) is 0 Å². The highest BCUT2D eigenvalue weighted by Crippen LogP contribution is 2.27. The van der Waals surface area contributed by atoms with Gasteiger partial charge in [0.15, 0.2) is 17.5 Å². The molecule has 1 aliphatic carbocycles. The molecule has 0 amide bonds. The first-order chi connectivity index (χ1) is 14.7. The Morgan fingerprint density at radius 3 is 2.42 bits per heavy atom. The standard InChI is InChI=1S/C23H32N4O3.HI/c1-24-23(25-13-12-17-8-10-20(28-2)21(14-17)29-3)27-16-18-9-11-22(26-15-18)30-19-6-4-5-7-19;/h8-11,14-15,19H,4-7,12-13,16H2,1-3H3,(H2,24,25,27);1H. The molecule has 2 aromatic rings. The minimum absolute atomic E-state index is 0. The average molecular weight is 540 g/mol. The summed E-state index contributed by atoms with van der Waals surface area (Å²) in [6.45, 7) is 1.40. The number of rotatable bonds is 9. The number of nitrogens with zero attached hydrogens (tertiary/aromatic N) is 2. The van der Waals surface area contributed by atoms with Crippen LogP contribution in [0.3, 0.4) is 0 Å². The second-order valence-electron chi connectivity index (χ2n) is 7.32. The Bertz CT molecular complexity index is 824. The van der Waals surface area contributed by atoms with Gasteiger partial charge in [0.1, 0.15) is 6.10 Å². The number of halogens is 1. The van der Waals surface area contributed by atoms with E-state index in [4.69, 9.17) is 14.2 Å². The van der Waals surface area contributed by atoms with E-state index in [1.54, 1.807) is 21.3 Å². The molecule has 0 bridgehead atoms. The summed E-state index contributed by atoms with van der Waals surface area (Å²) in [4.78, 5) is 8.72. The van der Waals surface area contributed by atoms with Crippen LogP contribution < -0.4 is 24.8 Å². The number of benzene rings is 1. The number of aromatic nitrogens is 1. The summed E-state index contributed by atoms with van der Waals surface area (Å²) in [6.07, 6.45) is 7.81. The minimum Gasteiger partial charge on any atom is -0.493 e. The first-order valence-electron chi connectivity index (χ1n) is 10.5. The highest BCUT2D eigenvalue weighted by Gasteiger charge is 2.16. The van der Waals surface area contributed by atoms with Crippen LogP contribution in [0.5, 0.6) is 17.4 Å². The van der Waals surface area contributed by atoms with Gasteiger partial charge in [-0.15, -0.1) is 24.0 Å². The van der Waals surface area contributed by atoms with E-state index in [0.717, 1.165) is 54.4 Å². The van der Waals surface area contributed by atoms with E-state index >= 15 is 0 Å². The van der Waals surface area contributed by atoms with Gasteiger partial charge < -0.3 is 24.8 Å². The Balaban J connectivity index is 0.00000341. The van der Waals surface area contributed by atoms with E-state index in [9.17, 15) is 0 Å². The quantitative estimate of drug-likeness (QED) is 0.285. The first kappa shape index (κ1) is 25.0.